The molecule has 3 aromatic rings. The third-order valence-corrected chi connectivity index (χ3v) is 5.74. The summed E-state index contributed by atoms with van der Waals surface area (Å²) in [5, 5.41) is 10.5. The Balaban J connectivity index is 1.58. The minimum Gasteiger partial charge on any atom is -0.352 e. The van der Waals surface area contributed by atoms with Crippen LogP contribution >= 0.6 is 0 Å². The molecular weight excluding hydrogens is 461 g/mol. The van der Waals surface area contributed by atoms with Crippen molar-refractivity contribution in [3.8, 4) is 5.69 Å². The van der Waals surface area contributed by atoms with Crippen LogP contribution in [-0.4, -0.2) is 54.9 Å². The number of piperidine rings is 1. The van der Waals surface area contributed by atoms with E-state index in [1.54, 1.807) is 0 Å². The lowest BCUT2D eigenvalue weighted by Crippen LogP contribution is -2.51. The summed E-state index contributed by atoms with van der Waals surface area (Å²) in [4.78, 5) is 23.3. The Hall–Kier alpha value is -3.64. The number of nitrogens with zero attached hydrogens (tertiary/aromatic N) is 6. The van der Waals surface area contributed by atoms with Crippen molar-refractivity contribution in [2.24, 2.45) is 5.92 Å². The number of amides is 1. The summed E-state index contributed by atoms with van der Waals surface area (Å²) in [5.74, 6) is -2.95. The molecule has 0 saturated carbocycles. The number of carbonyl (C=O) groups excluding carboxylic acids is 1. The molecule has 1 amide bonds. The van der Waals surface area contributed by atoms with E-state index in [1.807, 2.05) is 6.92 Å². The van der Waals surface area contributed by atoms with E-state index < -0.39 is 41.0 Å². The standard InChI is InChI=1S/C21H20F5N7O/c1-12-3-2-8-32(16(12)11-29-20-27-9-13(10-28-20)21(24,25)26)19(34)14-4-5-15(22)17(23)18(14)33-30-6-7-31-33/h4-7,9-10,12,16H,2-3,8,11H2,1H3,(H,27,28,29)/t12-,16?/m1/s1. The first-order valence-corrected chi connectivity index (χ1v) is 10.5. The van der Waals surface area contributed by atoms with Crippen molar-refractivity contribution in [3.63, 3.8) is 0 Å². The summed E-state index contributed by atoms with van der Waals surface area (Å²) in [6, 6.07) is 1.65. The summed E-state index contributed by atoms with van der Waals surface area (Å²) in [6.07, 6.45) is 0.844. The fourth-order valence-electron chi connectivity index (χ4n) is 3.97. The summed E-state index contributed by atoms with van der Waals surface area (Å²) >= 11 is 0. The van der Waals surface area contributed by atoms with E-state index >= 15 is 0 Å². The Bertz CT molecular complexity index is 1150. The van der Waals surface area contributed by atoms with Crippen LogP contribution in [-0.2, 0) is 6.18 Å². The van der Waals surface area contributed by atoms with Gasteiger partial charge in [-0.15, -0.1) is 4.80 Å². The third kappa shape index (κ3) is 4.68. The van der Waals surface area contributed by atoms with Crippen molar-refractivity contribution >= 4 is 11.9 Å². The van der Waals surface area contributed by atoms with Gasteiger partial charge < -0.3 is 10.2 Å². The van der Waals surface area contributed by atoms with Gasteiger partial charge in [-0.05, 0) is 30.9 Å². The minimum absolute atomic E-state index is 0.0104. The SMILES string of the molecule is C[C@@H]1CCCN(C(=O)c2ccc(F)c(F)c2-n2nccn2)C1CNc1ncc(C(F)(F)F)cn1. The first-order chi connectivity index (χ1) is 16.2. The van der Waals surface area contributed by atoms with Gasteiger partial charge in [0.25, 0.3) is 5.91 Å². The second kappa shape index (κ2) is 9.31. The Morgan fingerprint density at radius 3 is 2.47 bits per heavy atom. The molecule has 13 heteroatoms. The molecule has 0 aliphatic carbocycles. The first-order valence-electron chi connectivity index (χ1n) is 10.5. The molecule has 1 N–H and O–H groups in total. The number of halogens is 5. The maximum Gasteiger partial charge on any atom is 0.419 e. The van der Waals surface area contributed by atoms with Gasteiger partial charge in [0.2, 0.25) is 5.95 Å². The summed E-state index contributed by atoms with van der Waals surface area (Å²) in [7, 11) is 0. The van der Waals surface area contributed by atoms with Crippen molar-refractivity contribution in [2.45, 2.75) is 32.0 Å². The van der Waals surface area contributed by atoms with Gasteiger partial charge in [0, 0.05) is 25.5 Å². The fraction of sp³-hybridized carbons (Fsp3) is 0.381. The molecule has 180 valence electrons. The molecule has 1 saturated heterocycles. The third-order valence-electron chi connectivity index (χ3n) is 5.74. The van der Waals surface area contributed by atoms with E-state index in [0.717, 1.165) is 17.3 Å². The van der Waals surface area contributed by atoms with Crippen LogP contribution in [0.2, 0.25) is 0 Å². The number of anilines is 1. The second-order valence-electron chi connectivity index (χ2n) is 7.94. The highest BCUT2D eigenvalue weighted by Crippen LogP contribution is 2.30. The average molecular weight is 481 g/mol. The van der Waals surface area contributed by atoms with Crippen LogP contribution < -0.4 is 5.32 Å². The first kappa shape index (κ1) is 23.5. The van der Waals surface area contributed by atoms with Gasteiger partial charge in [-0.1, -0.05) is 6.92 Å². The molecule has 0 radical (unpaired) electrons. The smallest absolute Gasteiger partial charge is 0.352 e. The average Bonchev–Trinajstić information content (AvgIpc) is 3.33. The van der Waals surface area contributed by atoms with Gasteiger partial charge in [-0.25, -0.2) is 18.7 Å². The number of likely N-dealkylation sites (tertiary alicyclic amines) is 1. The Kier molecular flexibility index (Phi) is 6.44. The highest BCUT2D eigenvalue weighted by molar-refractivity contribution is 5.98. The van der Waals surface area contributed by atoms with Crippen LogP contribution in [0.4, 0.5) is 27.9 Å². The molecule has 1 aromatic carbocycles. The maximum atomic E-state index is 14.7. The Morgan fingerprint density at radius 1 is 1.15 bits per heavy atom. The number of aromatic nitrogens is 5. The number of alkyl halides is 3. The van der Waals surface area contributed by atoms with E-state index in [1.165, 1.54) is 23.4 Å². The summed E-state index contributed by atoms with van der Waals surface area (Å²) < 4.78 is 66.8. The molecule has 0 spiro atoms. The van der Waals surface area contributed by atoms with Crippen LogP contribution in [0.25, 0.3) is 5.69 Å². The number of benzene rings is 1. The van der Waals surface area contributed by atoms with Gasteiger partial charge in [-0.2, -0.15) is 23.4 Å². The summed E-state index contributed by atoms with van der Waals surface area (Å²) in [6.45, 7) is 2.44. The van der Waals surface area contributed by atoms with Crippen molar-refractivity contribution in [1.82, 2.24) is 29.9 Å². The van der Waals surface area contributed by atoms with Crippen LogP contribution in [0.1, 0.15) is 35.7 Å². The lowest BCUT2D eigenvalue weighted by atomic mass is 9.90. The molecule has 0 bridgehead atoms. The maximum absolute atomic E-state index is 14.7. The van der Waals surface area contributed by atoms with Crippen LogP contribution in [0.15, 0.2) is 36.9 Å². The predicted molar refractivity (Wildman–Crippen MR) is 110 cm³/mol. The molecule has 1 fully saturated rings. The lowest BCUT2D eigenvalue weighted by Gasteiger charge is -2.40. The number of carbonyl (C=O) groups is 1. The normalized spacial score (nSPS) is 18.7. The molecule has 2 atom stereocenters. The second-order valence-corrected chi connectivity index (χ2v) is 7.94. The van der Waals surface area contributed by atoms with E-state index in [2.05, 4.69) is 25.5 Å². The van der Waals surface area contributed by atoms with Gasteiger partial charge in [-0.3, -0.25) is 4.79 Å². The van der Waals surface area contributed by atoms with Crippen LogP contribution in [0.5, 0.6) is 0 Å². The highest BCUT2D eigenvalue weighted by Gasteiger charge is 2.35. The molecule has 3 heterocycles. The number of rotatable bonds is 5. The number of hydrogen-bond donors (Lipinski definition) is 1. The van der Waals surface area contributed by atoms with Gasteiger partial charge in [0.1, 0.15) is 5.69 Å². The molecule has 1 unspecified atom stereocenters. The van der Waals surface area contributed by atoms with E-state index in [0.29, 0.717) is 25.4 Å². The van der Waals surface area contributed by atoms with Crippen molar-refractivity contribution in [1.29, 1.82) is 0 Å². The number of hydrogen-bond acceptors (Lipinski definition) is 6. The van der Waals surface area contributed by atoms with Gasteiger partial charge >= 0.3 is 6.18 Å². The largest absolute Gasteiger partial charge is 0.419 e. The molecule has 34 heavy (non-hydrogen) atoms. The van der Waals surface area contributed by atoms with Crippen molar-refractivity contribution in [3.05, 3.63) is 59.7 Å². The molecule has 4 rings (SSSR count). The van der Waals surface area contributed by atoms with Crippen LogP contribution in [0, 0.1) is 17.6 Å². The van der Waals surface area contributed by atoms with Gasteiger partial charge in [0.05, 0.1) is 29.6 Å². The fourth-order valence-corrected chi connectivity index (χ4v) is 3.97. The van der Waals surface area contributed by atoms with E-state index in [-0.39, 0.29) is 24.0 Å². The molecule has 8 nitrogen and oxygen atoms in total. The molecule has 1 aliphatic rings. The van der Waals surface area contributed by atoms with E-state index in [4.69, 9.17) is 0 Å². The summed E-state index contributed by atoms with van der Waals surface area (Å²) in [5.41, 5.74) is -1.48. The quantitative estimate of drug-likeness (QED) is 0.559. The molecule has 1 aliphatic heterocycles. The van der Waals surface area contributed by atoms with Crippen molar-refractivity contribution in [2.75, 3.05) is 18.4 Å². The van der Waals surface area contributed by atoms with Crippen molar-refractivity contribution < 1.29 is 26.7 Å². The van der Waals surface area contributed by atoms with Crippen LogP contribution in [0.3, 0.4) is 0 Å². The topological polar surface area (TPSA) is 88.8 Å². The Morgan fingerprint density at radius 2 is 1.82 bits per heavy atom. The zero-order chi connectivity index (χ0) is 24.5. The molecule has 2 aromatic heterocycles. The lowest BCUT2D eigenvalue weighted by molar-refractivity contribution is -0.138. The van der Waals surface area contributed by atoms with Gasteiger partial charge in [0.15, 0.2) is 11.6 Å². The van der Waals surface area contributed by atoms with E-state index in [9.17, 15) is 26.7 Å². The minimum atomic E-state index is -4.55. The monoisotopic (exact) mass is 481 g/mol. The number of nitrogens with one attached hydrogen (secondary N) is 1. The Labute approximate surface area is 190 Å². The zero-order valence-electron chi connectivity index (χ0n) is 17.9. The highest BCUT2D eigenvalue weighted by atomic mass is 19.4. The predicted octanol–water partition coefficient (Wildman–Crippen LogP) is 3.71. The molecular formula is C21H20F5N7O. The zero-order valence-corrected chi connectivity index (χ0v) is 17.9.